The zero-order chi connectivity index (χ0) is 16.0. The van der Waals surface area contributed by atoms with Crippen LogP contribution in [0.2, 0.25) is 0 Å². The van der Waals surface area contributed by atoms with Gasteiger partial charge in [-0.25, -0.2) is 13.8 Å². The second-order valence-electron chi connectivity index (χ2n) is 4.78. The second-order valence-corrected chi connectivity index (χ2v) is 5.78. The molecule has 0 aliphatic rings. The van der Waals surface area contributed by atoms with E-state index in [0.29, 0.717) is 26.5 Å². The molecular weight excluding hydrogens is 308 g/mol. The van der Waals surface area contributed by atoms with Gasteiger partial charge < -0.3 is 4.98 Å². The molecule has 0 radical (unpaired) electrons. The number of thiophene rings is 1. The summed E-state index contributed by atoms with van der Waals surface area (Å²) in [6.45, 7) is 3.33. The summed E-state index contributed by atoms with van der Waals surface area (Å²) >= 11 is 1.14. The quantitative estimate of drug-likeness (QED) is 0.747. The zero-order valence-electron chi connectivity index (χ0n) is 11.6. The minimum atomic E-state index is -0.926. The Hall–Kier alpha value is -2.59. The van der Waals surface area contributed by atoms with Gasteiger partial charge in [0.1, 0.15) is 28.1 Å². The Labute approximate surface area is 127 Å². The Morgan fingerprint density at radius 1 is 1.32 bits per heavy atom. The van der Waals surface area contributed by atoms with Crippen molar-refractivity contribution in [2.75, 3.05) is 0 Å². The maximum Gasteiger partial charge on any atom is 0.259 e. The number of nitrogens with one attached hydrogen (secondary N) is 1. The van der Waals surface area contributed by atoms with E-state index in [4.69, 9.17) is 5.26 Å². The van der Waals surface area contributed by atoms with Crippen molar-refractivity contribution in [3.8, 4) is 16.5 Å². The summed E-state index contributed by atoms with van der Waals surface area (Å²) in [5.74, 6) is -1.37. The molecule has 4 nitrogen and oxygen atoms in total. The summed E-state index contributed by atoms with van der Waals surface area (Å²) in [6.07, 6.45) is 0. The van der Waals surface area contributed by atoms with Crippen molar-refractivity contribution in [1.82, 2.24) is 9.97 Å². The van der Waals surface area contributed by atoms with Gasteiger partial charge in [-0.1, -0.05) is 0 Å². The molecule has 3 rings (SSSR count). The van der Waals surface area contributed by atoms with Gasteiger partial charge >= 0.3 is 0 Å². The molecule has 1 aromatic carbocycles. The topological polar surface area (TPSA) is 69.5 Å². The molecule has 3 aromatic rings. The Bertz CT molecular complexity index is 1010. The third kappa shape index (κ3) is 2.00. The normalized spacial score (nSPS) is 10.9. The minimum absolute atomic E-state index is 0.0931. The number of nitrogens with zero attached hydrogens (tertiary/aromatic N) is 2. The van der Waals surface area contributed by atoms with Crippen LogP contribution in [0.5, 0.6) is 0 Å². The smallest absolute Gasteiger partial charge is 0.259 e. The van der Waals surface area contributed by atoms with E-state index in [1.54, 1.807) is 13.8 Å². The summed E-state index contributed by atoms with van der Waals surface area (Å²) in [5.41, 5.74) is -0.281. The van der Waals surface area contributed by atoms with Gasteiger partial charge in [-0.05, 0) is 31.5 Å². The van der Waals surface area contributed by atoms with Crippen molar-refractivity contribution in [2.45, 2.75) is 13.8 Å². The number of fused-ring (bicyclic) bond motifs is 1. The largest absolute Gasteiger partial charge is 0.310 e. The standard InChI is InChI=1S/C15H9F2N3OS/c1-6-11-14(21)19-7(2)20-15(11)22-13(6)8-3-4-10(16)9(5-18)12(8)17/h3-4H,1-2H3,(H,19,20,21). The number of aryl methyl sites for hydroxylation is 2. The van der Waals surface area contributed by atoms with Crippen LogP contribution in [0, 0.1) is 36.8 Å². The Balaban J connectivity index is 2.38. The summed E-state index contributed by atoms with van der Waals surface area (Å²) in [6, 6.07) is 3.83. The van der Waals surface area contributed by atoms with Crippen molar-refractivity contribution >= 4 is 21.6 Å². The third-order valence-corrected chi connectivity index (χ3v) is 4.59. The second kappa shape index (κ2) is 5.00. The van der Waals surface area contributed by atoms with Crippen molar-refractivity contribution in [2.24, 2.45) is 0 Å². The van der Waals surface area contributed by atoms with Crippen molar-refractivity contribution in [3.05, 3.63) is 51.1 Å². The molecule has 0 aliphatic heterocycles. The third-order valence-electron chi connectivity index (χ3n) is 3.37. The number of aromatic amines is 1. The van der Waals surface area contributed by atoms with Gasteiger partial charge in [0.25, 0.3) is 5.56 Å². The van der Waals surface area contributed by atoms with Crippen LogP contribution in [0.15, 0.2) is 16.9 Å². The maximum atomic E-state index is 14.3. The monoisotopic (exact) mass is 317 g/mol. The van der Waals surface area contributed by atoms with Gasteiger partial charge in [0, 0.05) is 10.4 Å². The van der Waals surface area contributed by atoms with Crippen LogP contribution < -0.4 is 5.56 Å². The van der Waals surface area contributed by atoms with Gasteiger partial charge in [0.2, 0.25) is 0 Å². The highest BCUT2D eigenvalue weighted by atomic mass is 32.1. The Kier molecular flexibility index (Phi) is 3.26. The van der Waals surface area contributed by atoms with E-state index in [1.165, 1.54) is 12.1 Å². The molecule has 0 unspecified atom stereocenters. The van der Waals surface area contributed by atoms with Gasteiger partial charge in [-0.15, -0.1) is 11.3 Å². The number of nitriles is 1. The first-order chi connectivity index (χ1) is 10.4. The molecule has 0 atom stereocenters. The highest BCUT2D eigenvalue weighted by molar-refractivity contribution is 7.22. The number of benzene rings is 1. The van der Waals surface area contributed by atoms with Crippen LogP contribution in [0.3, 0.4) is 0 Å². The van der Waals surface area contributed by atoms with Crippen LogP contribution >= 0.6 is 11.3 Å². The fourth-order valence-electron chi connectivity index (χ4n) is 2.34. The predicted octanol–water partition coefficient (Wildman–Crippen LogP) is 3.42. The van der Waals surface area contributed by atoms with E-state index in [2.05, 4.69) is 9.97 Å². The molecule has 2 heterocycles. The van der Waals surface area contributed by atoms with E-state index in [9.17, 15) is 13.6 Å². The summed E-state index contributed by atoms with van der Waals surface area (Å²) in [5, 5.41) is 9.25. The van der Waals surface area contributed by atoms with Crippen LogP contribution in [0.1, 0.15) is 17.0 Å². The average Bonchev–Trinajstić information content (AvgIpc) is 2.76. The molecule has 0 fully saturated rings. The van der Waals surface area contributed by atoms with Crippen molar-refractivity contribution < 1.29 is 8.78 Å². The number of rotatable bonds is 1. The zero-order valence-corrected chi connectivity index (χ0v) is 12.4. The van der Waals surface area contributed by atoms with Crippen molar-refractivity contribution in [3.63, 3.8) is 0 Å². The van der Waals surface area contributed by atoms with E-state index in [0.717, 1.165) is 17.4 Å². The number of halogens is 2. The summed E-state index contributed by atoms with van der Waals surface area (Å²) < 4.78 is 27.8. The first kappa shape index (κ1) is 14.4. The van der Waals surface area contributed by atoms with E-state index < -0.39 is 17.2 Å². The van der Waals surface area contributed by atoms with E-state index >= 15 is 0 Å². The Morgan fingerprint density at radius 2 is 2.05 bits per heavy atom. The van der Waals surface area contributed by atoms with E-state index in [-0.39, 0.29) is 11.1 Å². The fourth-order valence-corrected chi connectivity index (χ4v) is 3.59. The molecule has 0 bridgehead atoms. The van der Waals surface area contributed by atoms with Gasteiger partial charge in [0.05, 0.1) is 5.39 Å². The molecule has 0 amide bonds. The number of aromatic nitrogens is 2. The molecule has 0 saturated heterocycles. The lowest BCUT2D eigenvalue weighted by Crippen LogP contribution is -2.08. The van der Waals surface area contributed by atoms with Crippen LogP contribution in [0.4, 0.5) is 8.78 Å². The van der Waals surface area contributed by atoms with Crippen LogP contribution in [-0.4, -0.2) is 9.97 Å². The minimum Gasteiger partial charge on any atom is -0.310 e. The van der Waals surface area contributed by atoms with Crippen LogP contribution in [-0.2, 0) is 0 Å². The first-order valence-electron chi connectivity index (χ1n) is 6.32. The van der Waals surface area contributed by atoms with Gasteiger partial charge in [0.15, 0.2) is 5.82 Å². The lowest BCUT2D eigenvalue weighted by atomic mass is 10.0. The highest BCUT2D eigenvalue weighted by Crippen LogP contribution is 2.37. The molecule has 22 heavy (non-hydrogen) atoms. The predicted molar refractivity (Wildman–Crippen MR) is 79.8 cm³/mol. The molecule has 2 aromatic heterocycles. The average molecular weight is 317 g/mol. The molecule has 0 saturated carbocycles. The fraction of sp³-hybridized carbons (Fsp3) is 0.133. The van der Waals surface area contributed by atoms with Gasteiger partial charge in [-0.3, -0.25) is 4.79 Å². The van der Waals surface area contributed by atoms with E-state index in [1.807, 2.05) is 0 Å². The first-order valence-corrected chi connectivity index (χ1v) is 7.14. The lowest BCUT2D eigenvalue weighted by molar-refractivity contribution is 0.579. The number of H-pyrrole nitrogens is 1. The highest BCUT2D eigenvalue weighted by Gasteiger charge is 2.20. The van der Waals surface area contributed by atoms with Crippen molar-refractivity contribution in [1.29, 1.82) is 5.26 Å². The van der Waals surface area contributed by atoms with Gasteiger partial charge in [-0.2, -0.15) is 5.26 Å². The summed E-state index contributed by atoms with van der Waals surface area (Å²) in [4.78, 5) is 19.8. The molecule has 1 N–H and O–H groups in total. The van der Waals surface area contributed by atoms with Crippen LogP contribution in [0.25, 0.3) is 20.7 Å². The molecular formula is C15H9F2N3OS. The molecule has 0 spiro atoms. The maximum absolute atomic E-state index is 14.3. The molecule has 0 aliphatic carbocycles. The lowest BCUT2D eigenvalue weighted by Gasteiger charge is -2.04. The number of hydrogen-bond donors (Lipinski definition) is 1. The SMILES string of the molecule is Cc1nc2sc(-c3ccc(F)c(C#N)c3F)c(C)c2c(=O)[nH]1. The molecule has 110 valence electrons. The number of hydrogen-bond acceptors (Lipinski definition) is 4. The molecule has 7 heteroatoms. The Morgan fingerprint density at radius 3 is 2.73 bits per heavy atom. The summed E-state index contributed by atoms with van der Waals surface area (Å²) in [7, 11) is 0.